The zero-order valence-electron chi connectivity index (χ0n) is 9.11. The molecule has 1 N–H and O–H groups in total. The molecule has 0 atom stereocenters. The summed E-state index contributed by atoms with van der Waals surface area (Å²) in [5.41, 5.74) is 2.53. The van der Waals surface area contributed by atoms with Crippen LogP contribution in [0.4, 0.5) is 0 Å². The number of aryl methyl sites for hydroxylation is 1. The highest BCUT2D eigenvalue weighted by molar-refractivity contribution is 7.19. The maximum Gasteiger partial charge on any atom is 0.309 e. The number of benzene rings is 1. The number of hydrogen-bond acceptors (Lipinski definition) is 3. The molecule has 1 aromatic carbocycles. The lowest BCUT2D eigenvalue weighted by Gasteiger charge is -1.97. The van der Waals surface area contributed by atoms with Gasteiger partial charge in [-0.3, -0.25) is 4.79 Å². The zero-order chi connectivity index (χ0) is 12.4. The second kappa shape index (κ2) is 4.85. The average molecular weight is 268 g/mol. The van der Waals surface area contributed by atoms with E-state index in [2.05, 4.69) is 4.98 Å². The number of carboxylic acids is 1. The van der Waals surface area contributed by atoms with Crippen molar-refractivity contribution in [3.05, 3.63) is 39.9 Å². The van der Waals surface area contributed by atoms with Crippen LogP contribution in [0.1, 0.15) is 11.3 Å². The molecule has 1 heterocycles. The minimum absolute atomic E-state index is 0.138. The van der Waals surface area contributed by atoms with E-state index in [0.29, 0.717) is 10.0 Å². The number of halogens is 1. The topological polar surface area (TPSA) is 50.2 Å². The Morgan fingerprint density at radius 2 is 2.29 bits per heavy atom. The largest absolute Gasteiger partial charge is 0.481 e. The predicted octanol–water partition coefficient (Wildman–Crippen LogP) is 3.40. The van der Waals surface area contributed by atoms with Crippen LogP contribution in [0, 0.1) is 6.92 Å². The number of carbonyl (C=O) groups is 1. The molecule has 0 fully saturated rings. The quantitative estimate of drug-likeness (QED) is 0.927. The van der Waals surface area contributed by atoms with Crippen LogP contribution in [0.5, 0.6) is 0 Å². The lowest BCUT2D eigenvalue weighted by molar-refractivity contribution is -0.136. The number of nitrogens with zero attached hydrogens (tertiary/aromatic N) is 1. The lowest BCUT2D eigenvalue weighted by atomic mass is 10.1. The van der Waals surface area contributed by atoms with Gasteiger partial charge in [-0.1, -0.05) is 35.4 Å². The smallest absolute Gasteiger partial charge is 0.309 e. The van der Waals surface area contributed by atoms with Gasteiger partial charge in [0, 0.05) is 5.56 Å². The van der Waals surface area contributed by atoms with Crippen molar-refractivity contribution in [1.82, 2.24) is 4.98 Å². The molecular formula is C12H10ClNO2S. The third-order valence-corrected chi connectivity index (χ3v) is 3.62. The monoisotopic (exact) mass is 267 g/mol. The molecule has 0 aliphatic rings. The molecule has 5 heteroatoms. The highest BCUT2D eigenvalue weighted by atomic mass is 35.5. The molecule has 0 amide bonds. The van der Waals surface area contributed by atoms with Crippen LogP contribution in [0.2, 0.25) is 4.34 Å². The van der Waals surface area contributed by atoms with Crippen LogP contribution in [0.3, 0.4) is 0 Å². The first kappa shape index (κ1) is 12.1. The summed E-state index contributed by atoms with van der Waals surface area (Å²) in [6.07, 6.45) is -0.138. The molecule has 0 aliphatic heterocycles. The first-order valence-corrected chi connectivity index (χ1v) is 6.20. The molecule has 0 unspecified atom stereocenters. The molecule has 0 radical (unpaired) electrons. The number of thiazole rings is 1. The predicted molar refractivity (Wildman–Crippen MR) is 68.6 cm³/mol. The number of aromatic nitrogens is 1. The normalized spacial score (nSPS) is 10.5. The maximum atomic E-state index is 10.6. The van der Waals surface area contributed by atoms with Crippen molar-refractivity contribution in [3.8, 4) is 10.6 Å². The molecule has 2 aromatic rings. The summed E-state index contributed by atoms with van der Waals surface area (Å²) in [7, 11) is 0. The van der Waals surface area contributed by atoms with Gasteiger partial charge >= 0.3 is 5.97 Å². The highest BCUT2D eigenvalue weighted by Crippen LogP contribution is 2.32. The van der Waals surface area contributed by atoms with Crippen molar-refractivity contribution in [1.29, 1.82) is 0 Å². The molecule has 17 heavy (non-hydrogen) atoms. The molecule has 0 saturated carbocycles. The fourth-order valence-electron chi connectivity index (χ4n) is 1.49. The fraction of sp³-hybridized carbons (Fsp3) is 0.167. The van der Waals surface area contributed by atoms with Crippen molar-refractivity contribution in [2.24, 2.45) is 0 Å². The Morgan fingerprint density at radius 3 is 2.94 bits per heavy atom. The first-order valence-electron chi connectivity index (χ1n) is 5.00. The third kappa shape index (κ3) is 2.84. The van der Waals surface area contributed by atoms with Crippen molar-refractivity contribution in [2.75, 3.05) is 0 Å². The Balaban J connectivity index is 2.37. The lowest BCUT2D eigenvalue weighted by Crippen LogP contribution is -2.00. The summed E-state index contributed by atoms with van der Waals surface area (Å²) in [5.74, 6) is -0.923. The van der Waals surface area contributed by atoms with Crippen molar-refractivity contribution >= 4 is 28.9 Å². The van der Waals surface area contributed by atoms with Gasteiger partial charge in [-0.2, -0.15) is 0 Å². The van der Waals surface area contributed by atoms with Gasteiger partial charge in [0.2, 0.25) is 0 Å². The van der Waals surface area contributed by atoms with E-state index in [1.165, 1.54) is 11.3 Å². The Hall–Kier alpha value is -1.39. The summed E-state index contributed by atoms with van der Waals surface area (Å²) < 4.78 is 0.448. The molecule has 0 spiro atoms. The molecule has 2 rings (SSSR count). The standard InChI is InChI=1S/C12H10ClNO2S/c1-7-3-2-4-8(5-7)12-14-9(6-10(15)16)11(13)17-12/h2-5H,6H2,1H3,(H,15,16). The number of hydrogen-bond donors (Lipinski definition) is 1. The van der Waals surface area contributed by atoms with Gasteiger partial charge in [0.25, 0.3) is 0 Å². The van der Waals surface area contributed by atoms with E-state index in [9.17, 15) is 4.79 Å². The molecule has 0 bridgehead atoms. The molecule has 0 saturated heterocycles. The maximum absolute atomic E-state index is 10.6. The fourth-order valence-corrected chi connectivity index (χ4v) is 2.62. The summed E-state index contributed by atoms with van der Waals surface area (Å²) in [4.78, 5) is 14.9. The van der Waals surface area contributed by atoms with Gasteiger partial charge < -0.3 is 5.11 Å². The van der Waals surface area contributed by atoms with E-state index in [-0.39, 0.29) is 6.42 Å². The molecular weight excluding hydrogens is 258 g/mol. The summed E-state index contributed by atoms with van der Waals surface area (Å²) in [6.45, 7) is 2.00. The molecule has 88 valence electrons. The van der Waals surface area contributed by atoms with Crippen LogP contribution in [0.15, 0.2) is 24.3 Å². The number of carboxylic acid groups (broad SMARTS) is 1. The van der Waals surface area contributed by atoms with Gasteiger partial charge in [-0.25, -0.2) is 4.98 Å². The second-order valence-corrected chi connectivity index (χ2v) is 5.28. The van der Waals surface area contributed by atoms with Crippen LogP contribution in [-0.2, 0) is 11.2 Å². The van der Waals surface area contributed by atoms with Crippen LogP contribution >= 0.6 is 22.9 Å². The van der Waals surface area contributed by atoms with E-state index >= 15 is 0 Å². The minimum Gasteiger partial charge on any atom is -0.481 e. The van der Waals surface area contributed by atoms with Crippen LogP contribution < -0.4 is 0 Å². The second-order valence-electron chi connectivity index (χ2n) is 3.68. The zero-order valence-corrected chi connectivity index (χ0v) is 10.7. The van der Waals surface area contributed by atoms with E-state index in [1.807, 2.05) is 31.2 Å². The van der Waals surface area contributed by atoms with E-state index in [1.54, 1.807) is 0 Å². The van der Waals surface area contributed by atoms with Gasteiger partial charge in [0.1, 0.15) is 9.34 Å². The molecule has 3 nitrogen and oxygen atoms in total. The van der Waals surface area contributed by atoms with Crippen molar-refractivity contribution < 1.29 is 9.90 Å². The van der Waals surface area contributed by atoms with Gasteiger partial charge in [0.15, 0.2) is 0 Å². The van der Waals surface area contributed by atoms with E-state index in [4.69, 9.17) is 16.7 Å². The Labute approximate surface area is 108 Å². The highest BCUT2D eigenvalue weighted by Gasteiger charge is 2.13. The van der Waals surface area contributed by atoms with Gasteiger partial charge in [-0.15, -0.1) is 11.3 Å². The van der Waals surface area contributed by atoms with Crippen molar-refractivity contribution in [3.63, 3.8) is 0 Å². The Morgan fingerprint density at radius 1 is 1.53 bits per heavy atom. The molecule has 1 aromatic heterocycles. The average Bonchev–Trinajstić information content (AvgIpc) is 2.59. The minimum atomic E-state index is -0.923. The Kier molecular flexibility index (Phi) is 3.45. The van der Waals surface area contributed by atoms with Gasteiger partial charge in [0.05, 0.1) is 12.1 Å². The van der Waals surface area contributed by atoms with E-state index in [0.717, 1.165) is 16.1 Å². The van der Waals surface area contributed by atoms with E-state index < -0.39 is 5.97 Å². The third-order valence-electron chi connectivity index (χ3n) is 2.23. The summed E-state index contributed by atoms with van der Waals surface area (Å²) in [5, 5.41) is 9.48. The van der Waals surface area contributed by atoms with Crippen molar-refractivity contribution in [2.45, 2.75) is 13.3 Å². The van der Waals surface area contributed by atoms with Gasteiger partial charge in [-0.05, 0) is 13.0 Å². The number of aliphatic carboxylic acids is 1. The number of rotatable bonds is 3. The summed E-state index contributed by atoms with van der Waals surface area (Å²) >= 11 is 7.28. The first-order chi connectivity index (χ1) is 8.06. The summed E-state index contributed by atoms with van der Waals surface area (Å²) in [6, 6.07) is 7.88. The van der Waals surface area contributed by atoms with Crippen LogP contribution in [0.25, 0.3) is 10.6 Å². The SMILES string of the molecule is Cc1cccc(-c2nc(CC(=O)O)c(Cl)s2)c1. The Bertz CT molecular complexity index is 565. The van der Waals surface area contributed by atoms with Crippen LogP contribution in [-0.4, -0.2) is 16.1 Å². The molecule has 0 aliphatic carbocycles.